The van der Waals surface area contributed by atoms with E-state index >= 15 is 0 Å². The standard InChI is InChI=1S/C32H34N3O3/c36-32(26-10-3-1-4-11-26,27-12-5-2-6-13-27)31-33-30(38-34-31)22-35-18-16-24(17-19-35)29(21-35)37-28-15-14-23-8-7-9-25(23)20-28/h1-6,10-15,20,24,29,36H,7-9,16-19,21-22H2/q+1/t24?,29-,35?/m0/s1. The molecule has 3 saturated heterocycles. The van der Waals surface area contributed by atoms with Crippen molar-refractivity contribution in [3.63, 3.8) is 0 Å². The first-order valence-corrected chi connectivity index (χ1v) is 13.9. The summed E-state index contributed by atoms with van der Waals surface area (Å²) in [6, 6.07) is 25.8. The van der Waals surface area contributed by atoms with E-state index in [9.17, 15) is 5.11 Å². The van der Waals surface area contributed by atoms with Crippen LogP contribution >= 0.6 is 0 Å². The molecule has 1 atom stereocenters. The predicted octanol–water partition coefficient (Wildman–Crippen LogP) is 5.03. The number of aryl methyl sites for hydroxylation is 2. The van der Waals surface area contributed by atoms with Gasteiger partial charge in [0.2, 0.25) is 5.82 Å². The maximum Gasteiger partial charge on any atom is 0.282 e. The lowest BCUT2D eigenvalue weighted by Gasteiger charge is -2.51. The van der Waals surface area contributed by atoms with E-state index < -0.39 is 5.60 Å². The van der Waals surface area contributed by atoms with Crippen molar-refractivity contribution >= 4 is 0 Å². The van der Waals surface area contributed by atoms with Crippen molar-refractivity contribution < 1.29 is 18.8 Å². The third-order valence-electron chi connectivity index (χ3n) is 9.04. The number of nitrogens with zero attached hydrogens (tertiary/aromatic N) is 3. The molecule has 194 valence electrons. The van der Waals surface area contributed by atoms with Gasteiger partial charge in [-0.3, -0.25) is 0 Å². The molecule has 0 saturated carbocycles. The second kappa shape index (κ2) is 9.37. The van der Waals surface area contributed by atoms with Crippen LogP contribution < -0.4 is 4.74 Å². The Labute approximate surface area is 223 Å². The van der Waals surface area contributed by atoms with Gasteiger partial charge >= 0.3 is 0 Å². The number of aromatic nitrogens is 2. The summed E-state index contributed by atoms with van der Waals surface area (Å²) in [6.45, 7) is 3.78. The van der Waals surface area contributed by atoms with Crippen LogP contribution in [-0.2, 0) is 25.0 Å². The molecule has 8 rings (SSSR count). The molecule has 3 aromatic carbocycles. The molecule has 4 aromatic rings. The van der Waals surface area contributed by atoms with Gasteiger partial charge < -0.3 is 18.8 Å². The van der Waals surface area contributed by atoms with Crippen LogP contribution in [0.15, 0.2) is 83.4 Å². The number of ether oxygens (including phenoxy) is 1. The molecule has 1 aliphatic carbocycles. The molecule has 2 bridgehead atoms. The normalized spacial score (nSPS) is 24.3. The highest BCUT2D eigenvalue weighted by atomic mass is 16.5. The van der Waals surface area contributed by atoms with Crippen LogP contribution in [0.25, 0.3) is 0 Å². The highest BCUT2D eigenvalue weighted by molar-refractivity contribution is 5.42. The molecule has 0 spiro atoms. The molecular weight excluding hydrogens is 474 g/mol. The van der Waals surface area contributed by atoms with E-state index in [4.69, 9.17) is 14.2 Å². The fraction of sp³-hybridized carbons (Fsp3) is 0.375. The van der Waals surface area contributed by atoms with Crippen LogP contribution in [0.4, 0.5) is 0 Å². The van der Waals surface area contributed by atoms with E-state index in [1.165, 1.54) is 30.4 Å². The smallest absolute Gasteiger partial charge is 0.282 e. The zero-order chi connectivity index (χ0) is 25.6. The SMILES string of the molecule is OC(c1ccccc1)(c1ccccc1)c1noc(C[N+]23CCC(CC2)[C@@H](Oc2ccc4c(c2)CCC4)C3)n1. The number of hydrogen-bond donors (Lipinski definition) is 1. The molecule has 6 heteroatoms. The van der Waals surface area contributed by atoms with Gasteiger partial charge in [-0.05, 0) is 53.6 Å². The average molecular weight is 509 g/mol. The van der Waals surface area contributed by atoms with Crippen LogP contribution in [0.1, 0.15) is 53.2 Å². The van der Waals surface area contributed by atoms with Gasteiger partial charge in [-0.15, -0.1) is 0 Å². The number of fused-ring (bicyclic) bond motifs is 4. The molecule has 3 fully saturated rings. The zero-order valence-electron chi connectivity index (χ0n) is 21.6. The second-order valence-corrected chi connectivity index (χ2v) is 11.4. The molecule has 0 unspecified atom stereocenters. The van der Waals surface area contributed by atoms with Gasteiger partial charge in [-0.1, -0.05) is 71.9 Å². The van der Waals surface area contributed by atoms with Gasteiger partial charge in [0.1, 0.15) is 12.3 Å². The maximum atomic E-state index is 12.0. The van der Waals surface area contributed by atoms with Crippen molar-refractivity contribution in [2.24, 2.45) is 5.92 Å². The van der Waals surface area contributed by atoms with E-state index in [0.717, 1.165) is 42.7 Å². The minimum Gasteiger partial charge on any atom is -0.484 e. The van der Waals surface area contributed by atoms with E-state index in [1.54, 1.807) is 0 Å². The number of quaternary nitrogens is 1. The Morgan fingerprint density at radius 2 is 1.58 bits per heavy atom. The van der Waals surface area contributed by atoms with Crippen LogP contribution in [0.3, 0.4) is 0 Å². The minimum atomic E-state index is -1.49. The lowest BCUT2D eigenvalue weighted by molar-refractivity contribution is -0.959. The Morgan fingerprint density at radius 1 is 0.895 bits per heavy atom. The number of benzene rings is 3. The van der Waals surface area contributed by atoms with Crippen LogP contribution in [0.5, 0.6) is 5.75 Å². The Balaban J connectivity index is 1.13. The van der Waals surface area contributed by atoms with Gasteiger partial charge in [0, 0.05) is 18.8 Å². The van der Waals surface area contributed by atoms with Gasteiger partial charge in [-0.2, -0.15) is 4.98 Å². The summed E-state index contributed by atoms with van der Waals surface area (Å²) in [5, 5.41) is 16.4. The van der Waals surface area contributed by atoms with E-state index in [0.29, 0.717) is 29.5 Å². The van der Waals surface area contributed by atoms with E-state index in [-0.39, 0.29) is 11.9 Å². The van der Waals surface area contributed by atoms with Gasteiger partial charge in [-0.25, -0.2) is 0 Å². The van der Waals surface area contributed by atoms with Crippen molar-refractivity contribution in [1.82, 2.24) is 10.1 Å². The number of hydrogen-bond acceptors (Lipinski definition) is 5. The fourth-order valence-corrected chi connectivity index (χ4v) is 6.91. The van der Waals surface area contributed by atoms with Crippen molar-refractivity contribution in [3.8, 4) is 5.75 Å². The maximum absolute atomic E-state index is 12.0. The topological polar surface area (TPSA) is 68.4 Å². The highest BCUT2D eigenvalue weighted by Crippen LogP contribution is 2.39. The molecule has 4 heterocycles. The molecule has 0 radical (unpaired) electrons. The van der Waals surface area contributed by atoms with Gasteiger partial charge in [0.05, 0.1) is 13.1 Å². The highest BCUT2D eigenvalue weighted by Gasteiger charge is 2.48. The second-order valence-electron chi connectivity index (χ2n) is 11.4. The third kappa shape index (κ3) is 4.12. The lowest BCUT2D eigenvalue weighted by Crippen LogP contribution is -2.64. The summed E-state index contributed by atoms with van der Waals surface area (Å²) in [6.07, 6.45) is 6.10. The number of piperidine rings is 3. The van der Waals surface area contributed by atoms with Gasteiger partial charge in [0.25, 0.3) is 5.89 Å². The molecule has 38 heavy (non-hydrogen) atoms. The van der Waals surface area contributed by atoms with Gasteiger partial charge in [0.15, 0.2) is 18.2 Å². The Hall–Kier alpha value is -3.48. The average Bonchev–Trinajstić information content (AvgIpc) is 3.64. The first-order valence-electron chi connectivity index (χ1n) is 13.9. The minimum absolute atomic E-state index is 0.199. The molecule has 6 nitrogen and oxygen atoms in total. The Kier molecular flexibility index (Phi) is 5.82. The summed E-state index contributed by atoms with van der Waals surface area (Å²) >= 11 is 0. The van der Waals surface area contributed by atoms with E-state index in [2.05, 4.69) is 23.4 Å². The molecular formula is C32H34N3O3+. The lowest BCUT2D eigenvalue weighted by atomic mass is 9.83. The molecule has 4 aliphatic rings. The monoisotopic (exact) mass is 508 g/mol. The summed E-state index contributed by atoms with van der Waals surface area (Å²) in [5.74, 6) is 2.46. The quantitative estimate of drug-likeness (QED) is 0.355. The zero-order valence-corrected chi connectivity index (χ0v) is 21.6. The van der Waals surface area contributed by atoms with Crippen molar-refractivity contribution in [2.45, 2.75) is 50.4 Å². The van der Waals surface area contributed by atoms with Crippen LogP contribution in [0.2, 0.25) is 0 Å². The Bertz CT molecular complexity index is 1370. The van der Waals surface area contributed by atoms with E-state index in [1.807, 2.05) is 60.7 Å². The van der Waals surface area contributed by atoms with Crippen molar-refractivity contribution in [1.29, 1.82) is 0 Å². The van der Waals surface area contributed by atoms with Crippen LogP contribution in [-0.4, -0.2) is 45.5 Å². The summed E-state index contributed by atoms with van der Waals surface area (Å²) in [4.78, 5) is 4.80. The van der Waals surface area contributed by atoms with Crippen molar-refractivity contribution in [2.75, 3.05) is 19.6 Å². The third-order valence-corrected chi connectivity index (χ3v) is 9.04. The molecule has 1 aromatic heterocycles. The fourth-order valence-electron chi connectivity index (χ4n) is 6.91. The largest absolute Gasteiger partial charge is 0.484 e. The summed E-state index contributed by atoms with van der Waals surface area (Å²) in [7, 11) is 0. The first-order chi connectivity index (χ1) is 18.6. The molecule has 0 amide bonds. The summed E-state index contributed by atoms with van der Waals surface area (Å²) < 4.78 is 13.3. The van der Waals surface area contributed by atoms with Crippen LogP contribution in [0, 0.1) is 5.92 Å². The number of rotatable bonds is 7. The predicted molar refractivity (Wildman–Crippen MR) is 143 cm³/mol. The Morgan fingerprint density at radius 3 is 2.29 bits per heavy atom. The van der Waals surface area contributed by atoms with Crippen molar-refractivity contribution in [3.05, 3.63) is 113 Å². The first kappa shape index (κ1) is 23.6. The number of aliphatic hydroxyl groups is 1. The summed E-state index contributed by atoms with van der Waals surface area (Å²) in [5.41, 5.74) is 2.88. The molecule has 3 aliphatic heterocycles. The molecule has 1 N–H and O–H groups in total.